The first-order chi connectivity index (χ1) is 19.3. The van der Waals surface area contributed by atoms with Gasteiger partial charge in [0.05, 0.1) is 0 Å². The lowest BCUT2D eigenvalue weighted by atomic mass is 9.91. The minimum absolute atomic E-state index is 0.0400. The molecule has 40 heavy (non-hydrogen) atoms. The van der Waals surface area contributed by atoms with Gasteiger partial charge >= 0.3 is 5.97 Å². The lowest BCUT2D eigenvalue weighted by molar-refractivity contribution is -0.142. The lowest BCUT2D eigenvalue weighted by Gasteiger charge is -2.15. The second-order valence-corrected chi connectivity index (χ2v) is 13.1. The van der Waals surface area contributed by atoms with Crippen LogP contribution in [-0.4, -0.2) is 12.6 Å². The molecule has 0 bridgehead atoms. The number of carbonyl (C=O) groups is 1. The van der Waals surface area contributed by atoms with Crippen molar-refractivity contribution in [3.63, 3.8) is 0 Å². The molecule has 2 nitrogen and oxygen atoms in total. The van der Waals surface area contributed by atoms with Gasteiger partial charge in [-0.15, -0.1) is 0 Å². The Morgan fingerprint density at radius 3 is 1.80 bits per heavy atom. The van der Waals surface area contributed by atoms with E-state index in [1.165, 1.54) is 108 Å². The molecule has 0 aromatic heterocycles. The Balaban J connectivity index is 3.61. The van der Waals surface area contributed by atoms with E-state index < -0.39 is 0 Å². The fraction of sp³-hybridized carbons (Fsp3) is 0.816. The van der Waals surface area contributed by atoms with Crippen molar-refractivity contribution in [1.82, 2.24) is 0 Å². The summed E-state index contributed by atoms with van der Waals surface area (Å²) in [5.74, 6) is 2.51. The monoisotopic (exact) mass is 559 g/mol. The van der Waals surface area contributed by atoms with Gasteiger partial charge in [0, 0.05) is 6.42 Å². The zero-order chi connectivity index (χ0) is 29.7. The highest BCUT2D eigenvalue weighted by Crippen LogP contribution is 2.22. The summed E-state index contributed by atoms with van der Waals surface area (Å²) in [6.45, 7) is 14.4. The molecular formula is C38H70O2. The van der Waals surface area contributed by atoms with E-state index in [9.17, 15) is 4.79 Å². The molecule has 0 heterocycles. The van der Waals surface area contributed by atoms with Crippen LogP contribution in [0.4, 0.5) is 0 Å². The summed E-state index contributed by atoms with van der Waals surface area (Å²) in [4.78, 5) is 12.0. The average Bonchev–Trinajstić information content (AvgIpc) is 2.90. The van der Waals surface area contributed by atoms with Crippen LogP contribution in [-0.2, 0) is 9.53 Å². The van der Waals surface area contributed by atoms with Gasteiger partial charge in [-0.1, -0.05) is 142 Å². The van der Waals surface area contributed by atoms with Crippen molar-refractivity contribution in [3.8, 4) is 0 Å². The maximum Gasteiger partial charge on any atom is 0.306 e. The van der Waals surface area contributed by atoms with Gasteiger partial charge in [-0.3, -0.25) is 4.79 Å². The molecule has 0 aliphatic carbocycles. The number of hydrogen-bond acceptors (Lipinski definition) is 2. The van der Waals surface area contributed by atoms with Crippen LogP contribution in [0.15, 0.2) is 36.0 Å². The third-order valence-corrected chi connectivity index (χ3v) is 8.15. The van der Waals surface area contributed by atoms with Crippen LogP contribution in [0.1, 0.15) is 176 Å². The van der Waals surface area contributed by atoms with Gasteiger partial charge in [0.15, 0.2) is 0 Å². The molecule has 0 aliphatic heterocycles. The van der Waals surface area contributed by atoms with E-state index in [-0.39, 0.29) is 5.97 Å². The number of esters is 1. The Bertz CT molecular complexity index is 642. The largest absolute Gasteiger partial charge is 0.461 e. The Morgan fingerprint density at radius 2 is 1.18 bits per heavy atom. The second-order valence-electron chi connectivity index (χ2n) is 13.1. The van der Waals surface area contributed by atoms with E-state index >= 15 is 0 Å². The Hall–Kier alpha value is -1.31. The number of allylic oxidation sites excluding steroid dienone is 5. The molecule has 0 aromatic rings. The van der Waals surface area contributed by atoms with E-state index in [0.29, 0.717) is 13.0 Å². The quantitative estimate of drug-likeness (QED) is 0.0542. The van der Waals surface area contributed by atoms with Gasteiger partial charge in [0.2, 0.25) is 0 Å². The van der Waals surface area contributed by atoms with E-state index in [1.54, 1.807) is 0 Å². The molecule has 0 spiro atoms. The molecule has 0 amide bonds. The summed E-state index contributed by atoms with van der Waals surface area (Å²) in [6.07, 6.45) is 37.1. The van der Waals surface area contributed by atoms with Crippen molar-refractivity contribution >= 4 is 5.97 Å². The first-order valence-corrected chi connectivity index (χ1v) is 17.5. The second kappa shape index (κ2) is 29.2. The summed E-state index contributed by atoms with van der Waals surface area (Å²) < 4.78 is 5.45. The minimum Gasteiger partial charge on any atom is -0.461 e. The lowest BCUT2D eigenvalue weighted by Crippen LogP contribution is -2.04. The predicted molar refractivity (Wildman–Crippen MR) is 179 cm³/mol. The molecule has 0 rings (SSSR count). The maximum absolute atomic E-state index is 12.0. The maximum atomic E-state index is 12.0. The highest BCUT2D eigenvalue weighted by molar-refractivity contribution is 5.69. The van der Waals surface area contributed by atoms with Crippen molar-refractivity contribution < 1.29 is 9.53 Å². The van der Waals surface area contributed by atoms with Gasteiger partial charge < -0.3 is 4.74 Å². The third-order valence-electron chi connectivity index (χ3n) is 8.15. The predicted octanol–water partition coefficient (Wildman–Crippen LogP) is 12.7. The minimum atomic E-state index is -0.0400. The van der Waals surface area contributed by atoms with Crippen molar-refractivity contribution in [2.75, 3.05) is 6.61 Å². The summed E-state index contributed by atoms with van der Waals surface area (Å²) in [5.41, 5.74) is 1.36. The molecule has 0 N–H and O–H groups in total. The van der Waals surface area contributed by atoms with E-state index in [1.807, 2.05) is 0 Å². The fourth-order valence-electron chi connectivity index (χ4n) is 5.24. The van der Waals surface area contributed by atoms with E-state index in [0.717, 1.165) is 43.4 Å². The first kappa shape index (κ1) is 38.7. The Kier molecular flexibility index (Phi) is 28.2. The molecule has 2 heteroatoms. The van der Waals surface area contributed by atoms with Crippen molar-refractivity contribution in [1.29, 1.82) is 0 Å². The van der Waals surface area contributed by atoms with Crippen LogP contribution in [0.5, 0.6) is 0 Å². The molecule has 0 saturated heterocycles. The first-order valence-electron chi connectivity index (χ1n) is 17.5. The number of ether oxygens (including phenoxy) is 1. The van der Waals surface area contributed by atoms with Crippen LogP contribution >= 0.6 is 0 Å². The van der Waals surface area contributed by atoms with Crippen molar-refractivity contribution in [2.24, 2.45) is 17.8 Å². The molecular weight excluding hydrogens is 488 g/mol. The van der Waals surface area contributed by atoms with Gasteiger partial charge in [0.1, 0.15) is 6.61 Å². The summed E-state index contributed by atoms with van der Waals surface area (Å²) >= 11 is 0. The SMILES string of the molecule is CCCCC/C=C\C/C=C/CCCCCCCC(=O)OC/C=C(\C)CCC[C@H](C)CCC[C@H](C)CCCC(C)C. The number of unbranched alkanes of at least 4 members (excludes halogenated alkanes) is 8. The zero-order valence-electron chi connectivity index (χ0n) is 28.0. The van der Waals surface area contributed by atoms with Crippen LogP contribution < -0.4 is 0 Å². The van der Waals surface area contributed by atoms with Gasteiger partial charge in [-0.25, -0.2) is 0 Å². The standard InChI is InChI=1S/C38H70O2/c1-7-8-9-10-11-12-13-14-15-16-17-18-19-20-21-31-38(39)40-33-32-37(6)30-24-29-36(5)28-23-27-35(4)26-22-25-34(2)3/h11-12,14-15,32,34-36H,7-10,13,16-31,33H2,1-6H3/b12-11-,15-14+,37-32+/t35-,36-/m1/s1. The van der Waals surface area contributed by atoms with Crippen LogP contribution in [0, 0.1) is 17.8 Å². The molecule has 0 fully saturated rings. The van der Waals surface area contributed by atoms with Crippen LogP contribution in [0.2, 0.25) is 0 Å². The topological polar surface area (TPSA) is 26.3 Å². The van der Waals surface area contributed by atoms with Crippen molar-refractivity contribution in [3.05, 3.63) is 36.0 Å². The molecule has 0 saturated carbocycles. The van der Waals surface area contributed by atoms with Gasteiger partial charge in [0.25, 0.3) is 0 Å². The summed E-state index contributed by atoms with van der Waals surface area (Å²) in [7, 11) is 0. The normalized spacial score (nSPS) is 14.0. The van der Waals surface area contributed by atoms with E-state index in [2.05, 4.69) is 71.9 Å². The number of carbonyl (C=O) groups excluding carboxylic acids is 1. The molecule has 2 atom stereocenters. The van der Waals surface area contributed by atoms with Gasteiger partial charge in [-0.05, 0) is 82.1 Å². The summed E-state index contributed by atoms with van der Waals surface area (Å²) in [6, 6.07) is 0. The smallest absolute Gasteiger partial charge is 0.306 e. The molecule has 0 aromatic carbocycles. The van der Waals surface area contributed by atoms with Gasteiger partial charge in [-0.2, -0.15) is 0 Å². The molecule has 0 unspecified atom stereocenters. The zero-order valence-corrected chi connectivity index (χ0v) is 28.0. The van der Waals surface area contributed by atoms with Crippen LogP contribution in [0.25, 0.3) is 0 Å². The number of hydrogen-bond donors (Lipinski definition) is 0. The number of rotatable bonds is 28. The average molecular weight is 559 g/mol. The molecule has 0 radical (unpaired) electrons. The van der Waals surface area contributed by atoms with Crippen LogP contribution in [0.3, 0.4) is 0 Å². The summed E-state index contributed by atoms with van der Waals surface area (Å²) in [5, 5.41) is 0. The molecule has 234 valence electrons. The van der Waals surface area contributed by atoms with E-state index in [4.69, 9.17) is 4.74 Å². The van der Waals surface area contributed by atoms with Crippen molar-refractivity contribution in [2.45, 2.75) is 176 Å². The highest BCUT2D eigenvalue weighted by Gasteiger charge is 2.07. The highest BCUT2D eigenvalue weighted by atomic mass is 16.5. The third kappa shape index (κ3) is 29.7. The fourth-order valence-corrected chi connectivity index (χ4v) is 5.24. The molecule has 0 aliphatic rings. The Morgan fingerprint density at radius 1 is 0.625 bits per heavy atom. The Labute approximate surface area is 251 Å².